The maximum atomic E-state index is 3.58. The molecule has 0 spiro atoms. The largest absolute Gasteiger partial charge is 0.378 e. The molecule has 1 atom stereocenters. The van der Waals surface area contributed by atoms with E-state index in [4.69, 9.17) is 0 Å². The molecule has 0 amide bonds. The number of fused-ring (bicyclic) bond motifs is 1. The van der Waals surface area contributed by atoms with Crippen LogP contribution < -0.4 is 5.32 Å². The summed E-state index contributed by atoms with van der Waals surface area (Å²) < 4.78 is 0. The Labute approximate surface area is 135 Å². The van der Waals surface area contributed by atoms with E-state index in [1.807, 2.05) is 48.6 Å². The topological polar surface area (TPSA) is 12.0 Å². The Kier molecular flexibility index (Phi) is 6.02. The molecule has 1 unspecified atom stereocenters. The van der Waals surface area contributed by atoms with Gasteiger partial charge in [-0.25, -0.2) is 0 Å². The lowest BCUT2D eigenvalue weighted by Gasteiger charge is -2.29. The van der Waals surface area contributed by atoms with Crippen molar-refractivity contribution in [3.05, 3.63) is 84.0 Å². The van der Waals surface area contributed by atoms with Crippen molar-refractivity contribution >= 4 is 11.8 Å². The third-order valence-corrected chi connectivity index (χ3v) is 3.70. The minimum atomic E-state index is 0. The van der Waals surface area contributed by atoms with Crippen LogP contribution in [-0.4, -0.2) is 6.04 Å². The molecule has 1 nitrogen and oxygen atoms in total. The maximum Gasteiger partial charge on any atom is 0.0497 e. The molecule has 2 aliphatic rings. The molecule has 1 aliphatic heterocycles. The smallest absolute Gasteiger partial charge is 0.0497 e. The van der Waals surface area contributed by atoms with Crippen LogP contribution in [0, 0.1) is 5.92 Å². The predicted molar refractivity (Wildman–Crippen MR) is 101 cm³/mol. The number of nitrogens with one attached hydrogen (secondary N) is 1. The Morgan fingerprint density at radius 3 is 1.86 bits per heavy atom. The van der Waals surface area contributed by atoms with Gasteiger partial charge in [-0.3, -0.25) is 0 Å². The van der Waals surface area contributed by atoms with Crippen LogP contribution >= 0.6 is 0 Å². The van der Waals surface area contributed by atoms with Gasteiger partial charge in [0.2, 0.25) is 0 Å². The molecular formula is C21H27N. The second kappa shape index (κ2) is 8.23. The molecule has 1 aliphatic carbocycles. The van der Waals surface area contributed by atoms with E-state index in [-0.39, 0.29) is 1.43 Å². The first kappa shape index (κ1) is 16.1. The molecule has 0 saturated carbocycles. The Balaban J connectivity index is 0.000000253. The van der Waals surface area contributed by atoms with Gasteiger partial charge < -0.3 is 5.32 Å². The number of rotatable bonds is 1. The number of benzene rings is 1. The number of anilines is 1. The van der Waals surface area contributed by atoms with Crippen molar-refractivity contribution in [3.63, 3.8) is 0 Å². The Morgan fingerprint density at radius 2 is 1.36 bits per heavy atom. The zero-order valence-electron chi connectivity index (χ0n) is 13.7. The molecule has 0 aromatic heterocycles. The van der Waals surface area contributed by atoms with E-state index in [1.165, 1.54) is 16.8 Å². The first-order valence-corrected chi connectivity index (χ1v) is 7.89. The number of allylic oxidation sites excluding steroid dienone is 8. The van der Waals surface area contributed by atoms with Gasteiger partial charge in [-0.15, -0.1) is 0 Å². The van der Waals surface area contributed by atoms with Crippen LogP contribution in [0.25, 0.3) is 6.08 Å². The van der Waals surface area contributed by atoms with Crippen LogP contribution in [0.5, 0.6) is 0 Å². The average Bonchev–Trinajstić information content (AvgIpc) is 2.46. The SMILES string of the molecule is C1=C\C=C/C=C\C=C/1.CC1=Cc2ccccc2NC1C(C)C.[HH]. The van der Waals surface area contributed by atoms with Gasteiger partial charge in [0.25, 0.3) is 0 Å². The number of hydrogen-bond donors (Lipinski definition) is 1. The summed E-state index contributed by atoms with van der Waals surface area (Å²) in [6.07, 6.45) is 18.3. The van der Waals surface area contributed by atoms with Crippen molar-refractivity contribution in [2.45, 2.75) is 26.8 Å². The molecule has 116 valence electrons. The first-order chi connectivity index (χ1) is 10.7. The number of para-hydroxylation sites is 1. The van der Waals surface area contributed by atoms with Gasteiger partial charge in [0.05, 0.1) is 0 Å². The molecule has 22 heavy (non-hydrogen) atoms. The Bertz CT molecular complexity index is 577. The normalized spacial score (nSPS) is 24.4. The van der Waals surface area contributed by atoms with Crippen LogP contribution in [-0.2, 0) is 0 Å². The molecule has 0 radical (unpaired) electrons. The van der Waals surface area contributed by atoms with Crippen molar-refractivity contribution in [3.8, 4) is 0 Å². The third kappa shape index (κ3) is 4.63. The van der Waals surface area contributed by atoms with Gasteiger partial charge >= 0.3 is 0 Å². The molecule has 1 aromatic rings. The van der Waals surface area contributed by atoms with Crippen LogP contribution in [0.4, 0.5) is 5.69 Å². The van der Waals surface area contributed by atoms with Crippen LogP contribution in [0.2, 0.25) is 0 Å². The fourth-order valence-corrected chi connectivity index (χ4v) is 2.58. The van der Waals surface area contributed by atoms with E-state index < -0.39 is 0 Å². The van der Waals surface area contributed by atoms with E-state index >= 15 is 0 Å². The zero-order valence-corrected chi connectivity index (χ0v) is 13.7. The summed E-state index contributed by atoms with van der Waals surface area (Å²) in [5, 5.41) is 3.58. The number of hydrogen-bond acceptors (Lipinski definition) is 1. The predicted octanol–water partition coefficient (Wildman–Crippen LogP) is 6.01. The van der Waals surface area contributed by atoms with Crippen molar-refractivity contribution in [1.29, 1.82) is 0 Å². The highest BCUT2D eigenvalue weighted by Crippen LogP contribution is 2.29. The fraction of sp³-hybridized carbons (Fsp3) is 0.238. The van der Waals surface area contributed by atoms with Crippen molar-refractivity contribution in [1.82, 2.24) is 0 Å². The van der Waals surface area contributed by atoms with Gasteiger partial charge in [0.15, 0.2) is 0 Å². The second-order valence-electron chi connectivity index (χ2n) is 5.88. The molecule has 0 saturated heterocycles. The minimum Gasteiger partial charge on any atom is -0.378 e. The molecule has 1 heteroatoms. The van der Waals surface area contributed by atoms with E-state index in [0.29, 0.717) is 12.0 Å². The highest BCUT2D eigenvalue weighted by molar-refractivity contribution is 5.72. The van der Waals surface area contributed by atoms with Gasteiger partial charge in [-0.2, -0.15) is 0 Å². The molecule has 1 heterocycles. The monoisotopic (exact) mass is 293 g/mol. The fourth-order valence-electron chi connectivity index (χ4n) is 2.58. The van der Waals surface area contributed by atoms with Gasteiger partial charge in [-0.05, 0) is 24.5 Å². The van der Waals surface area contributed by atoms with Gasteiger partial charge in [0, 0.05) is 13.2 Å². The summed E-state index contributed by atoms with van der Waals surface area (Å²) >= 11 is 0. The lowest BCUT2D eigenvalue weighted by molar-refractivity contribution is 0.578. The molecule has 1 aromatic carbocycles. The van der Waals surface area contributed by atoms with Crippen molar-refractivity contribution < 1.29 is 1.43 Å². The third-order valence-electron chi connectivity index (χ3n) is 3.70. The average molecular weight is 293 g/mol. The highest BCUT2D eigenvalue weighted by atomic mass is 14.9. The van der Waals surface area contributed by atoms with Crippen LogP contribution in [0.1, 0.15) is 27.8 Å². The molecule has 0 bridgehead atoms. The Hall–Kier alpha value is -2.28. The minimum absolute atomic E-state index is 0. The standard InChI is InChI=1S/C13H17N.C8H8.H2/c1-9(2)13-10(3)8-11-6-4-5-7-12(11)14-13;1-2-4-6-8-7-5-3-1;/h4-9,13-14H,1-3H3;1-8H;1H/b;2-1-,3-1?,4-2?,5-3-,6-4-,7-5?,8-6?,8-7-;. The van der Waals surface area contributed by atoms with Gasteiger partial charge in [-0.1, -0.05) is 92.3 Å². The molecular weight excluding hydrogens is 266 g/mol. The summed E-state index contributed by atoms with van der Waals surface area (Å²) in [6, 6.07) is 8.96. The molecule has 3 rings (SSSR count). The summed E-state index contributed by atoms with van der Waals surface area (Å²) in [6.45, 7) is 6.71. The molecule has 1 N–H and O–H groups in total. The first-order valence-electron chi connectivity index (χ1n) is 7.89. The van der Waals surface area contributed by atoms with Crippen molar-refractivity contribution in [2.75, 3.05) is 5.32 Å². The highest BCUT2D eigenvalue weighted by Gasteiger charge is 2.19. The summed E-state index contributed by atoms with van der Waals surface area (Å²) in [5.74, 6) is 0.639. The summed E-state index contributed by atoms with van der Waals surface area (Å²) in [4.78, 5) is 0. The lowest BCUT2D eigenvalue weighted by atomic mass is 9.91. The maximum absolute atomic E-state index is 3.58. The van der Waals surface area contributed by atoms with E-state index in [0.717, 1.165) is 0 Å². The second-order valence-corrected chi connectivity index (χ2v) is 5.88. The molecule has 0 fully saturated rings. The lowest BCUT2D eigenvalue weighted by Crippen LogP contribution is -2.29. The summed E-state index contributed by atoms with van der Waals surface area (Å²) in [5.41, 5.74) is 4.00. The van der Waals surface area contributed by atoms with Gasteiger partial charge in [0.1, 0.15) is 0 Å². The quantitative estimate of drug-likeness (QED) is 0.668. The van der Waals surface area contributed by atoms with E-state index in [1.54, 1.807) is 0 Å². The van der Waals surface area contributed by atoms with Crippen molar-refractivity contribution in [2.24, 2.45) is 5.92 Å². The summed E-state index contributed by atoms with van der Waals surface area (Å²) in [7, 11) is 0. The van der Waals surface area contributed by atoms with Crippen LogP contribution in [0.15, 0.2) is 78.4 Å². The van der Waals surface area contributed by atoms with E-state index in [2.05, 4.69) is 56.4 Å². The Morgan fingerprint density at radius 1 is 0.864 bits per heavy atom. The van der Waals surface area contributed by atoms with Crippen LogP contribution in [0.3, 0.4) is 0 Å². The zero-order chi connectivity index (χ0) is 15.8. The van der Waals surface area contributed by atoms with E-state index in [9.17, 15) is 0 Å².